The van der Waals surface area contributed by atoms with Crippen molar-refractivity contribution in [2.24, 2.45) is 0 Å². The molecule has 0 heterocycles. The number of rotatable bonds is 3. The largest absolute Gasteiger partial charge is 0.491 e. The Balaban J connectivity index is 0.000000528. The van der Waals surface area contributed by atoms with Gasteiger partial charge in [0, 0.05) is 7.11 Å². The van der Waals surface area contributed by atoms with Crippen molar-refractivity contribution in [2.45, 2.75) is 19.0 Å². The molecule has 7 nitrogen and oxygen atoms in total. The number of methoxy groups -OCH3 is 2. The van der Waals surface area contributed by atoms with Gasteiger partial charge in [-0.15, -0.1) is 0 Å². The third-order valence-corrected chi connectivity index (χ3v) is 2.50. The third-order valence-electron chi connectivity index (χ3n) is 2.50. The first-order valence-corrected chi connectivity index (χ1v) is 6.77. The second-order valence-electron chi connectivity index (χ2n) is 4.63. The van der Waals surface area contributed by atoms with Crippen molar-refractivity contribution in [3.8, 4) is 6.07 Å². The summed E-state index contributed by atoms with van der Waals surface area (Å²) in [5, 5.41) is 8.77. The Morgan fingerprint density at radius 2 is 1.46 bits per heavy atom. The fourth-order valence-electron chi connectivity index (χ4n) is 1.44. The van der Waals surface area contributed by atoms with Crippen molar-refractivity contribution in [3.05, 3.63) is 34.9 Å². The average molecular weight is 415 g/mol. The molecule has 0 aliphatic carbocycles. The molecule has 0 bridgehead atoms. The predicted molar refractivity (Wildman–Crippen MR) is 76.4 cm³/mol. The molecule has 0 radical (unpaired) electrons. The monoisotopic (exact) mass is 415 g/mol. The molecule has 0 aliphatic heterocycles. The van der Waals surface area contributed by atoms with Gasteiger partial charge in [0.1, 0.15) is 0 Å². The topological polar surface area (TPSA) is 103 Å². The van der Waals surface area contributed by atoms with E-state index in [1.807, 2.05) is 6.07 Å². The number of nitrogens with zero attached hydrogens (tertiary/aromatic N) is 1. The van der Waals surface area contributed by atoms with E-state index < -0.39 is 30.3 Å². The lowest BCUT2D eigenvalue weighted by atomic mass is 10.1. The van der Waals surface area contributed by atoms with Crippen LogP contribution in [0.15, 0.2) is 18.2 Å². The van der Waals surface area contributed by atoms with E-state index in [2.05, 4.69) is 9.47 Å². The quantitative estimate of drug-likeness (QED) is 0.425. The Labute approximate surface area is 153 Å². The molecular weight excluding hydrogens is 404 g/mol. The van der Waals surface area contributed by atoms with Gasteiger partial charge in [0.05, 0.1) is 30.9 Å². The first-order valence-electron chi connectivity index (χ1n) is 6.77. The van der Waals surface area contributed by atoms with Crippen LogP contribution in [-0.2, 0) is 30.4 Å². The van der Waals surface area contributed by atoms with Crippen LogP contribution in [0, 0.1) is 11.3 Å². The van der Waals surface area contributed by atoms with Crippen LogP contribution in [0.4, 0.5) is 26.3 Å². The Bertz CT molecular complexity index is 742. The minimum Gasteiger partial charge on any atom is -0.465 e. The van der Waals surface area contributed by atoms with Crippen LogP contribution in [0.2, 0.25) is 0 Å². The van der Waals surface area contributed by atoms with E-state index in [1.54, 1.807) is 19.2 Å². The summed E-state index contributed by atoms with van der Waals surface area (Å²) in [6.45, 7) is 0.361. The van der Waals surface area contributed by atoms with E-state index >= 15 is 0 Å². The first-order chi connectivity index (χ1) is 12.8. The van der Waals surface area contributed by atoms with Crippen LogP contribution < -0.4 is 0 Å². The van der Waals surface area contributed by atoms with Gasteiger partial charge in [-0.2, -0.15) is 31.6 Å². The predicted octanol–water partition coefficient (Wildman–Crippen LogP) is 2.67. The smallest absolute Gasteiger partial charge is 0.465 e. The molecule has 13 heteroatoms. The highest BCUT2D eigenvalue weighted by Crippen LogP contribution is 2.21. The van der Waals surface area contributed by atoms with E-state index in [0.29, 0.717) is 17.7 Å². The zero-order valence-corrected chi connectivity index (χ0v) is 14.1. The van der Waals surface area contributed by atoms with Crippen LogP contribution in [0.1, 0.15) is 21.5 Å². The van der Waals surface area contributed by atoms with E-state index in [0.717, 1.165) is 5.56 Å². The molecule has 28 heavy (non-hydrogen) atoms. The van der Waals surface area contributed by atoms with Crippen molar-refractivity contribution < 1.29 is 54.9 Å². The molecule has 0 aromatic heterocycles. The summed E-state index contributed by atoms with van der Waals surface area (Å²) < 4.78 is 79.2. The molecule has 1 aromatic rings. The van der Waals surface area contributed by atoms with Crippen LogP contribution in [0.3, 0.4) is 0 Å². The number of halogens is 6. The van der Waals surface area contributed by atoms with Gasteiger partial charge < -0.3 is 14.2 Å². The second kappa shape index (κ2) is 10.3. The van der Waals surface area contributed by atoms with Crippen LogP contribution in [0.5, 0.6) is 0 Å². The minimum atomic E-state index is -5.62. The van der Waals surface area contributed by atoms with Gasteiger partial charge in [0.25, 0.3) is 0 Å². The Hall–Kier alpha value is -3.14. The molecule has 1 aromatic carbocycles. The Morgan fingerprint density at radius 1 is 0.964 bits per heavy atom. The highest BCUT2D eigenvalue weighted by molar-refractivity contribution is 5.91. The molecule has 0 saturated carbocycles. The van der Waals surface area contributed by atoms with Gasteiger partial charge in [0.2, 0.25) is 0 Å². The Kier molecular flexibility index (Phi) is 9.11. The number of hydrogen-bond acceptors (Lipinski definition) is 7. The number of nitriles is 1. The summed E-state index contributed by atoms with van der Waals surface area (Å²) in [6, 6.07) is 6.80. The van der Waals surface area contributed by atoms with Gasteiger partial charge in [-0.1, -0.05) is 0 Å². The summed E-state index contributed by atoms with van der Waals surface area (Å²) in [7, 11) is 2.86. The molecule has 0 saturated heterocycles. The molecule has 0 aliphatic rings. The zero-order chi connectivity index (χ0) is 22.1. The summed E-state index contributed by atoms with van der Waals surface area (Å²) in [4.78, 5) is 30.6. The molecular formula is C15H11F6NO6. The number of alkyl halides is 6. The first kappa shape index (κ1) is 24.9. The average Bonchev–Trinajstić information content (AvgIpc) is 2.59. The summed E-state index contributed by atoms with van der Waals surface area (Å²) in [6.07, 6.45) is -11.2. The molecule has 0 amide bonds. The van der Waals surface area contributed by atoms with Crippen molar-refractivity contribution in [3.63, 3.8) is 0 Å². The maximum Gasteiger partial charge on any atom is 0.491 e. The summed E-state index contributed by atoms with van der Waals surface area (Å²) >= 11 is 0. The van der Waals surface area contributed by atoms with Crippen LogP contribution in [-0.4, -0.2) is 44.5 Å². The lowest BCUT2D eigenvalue weighted by Gasteiger charge is -2.06. The van der Waals surface area contributed by atoms with Gasteiger partial charge in [0.15, 0.2) is 0 Å². The van der Waals surface area contributed by atoms with Crippen LogP contribution in [0.25, 0.3) is 0 Å². The maximum absolute atomic E-state index is 11.3. The zero-order valence-electron chi connectivity index (χ0n) is 14.1. The number of hydrogen-bond donors (Lipinski definition) is 0. The lowest BCUT2D eigenvalue weighted by Crippen LogP contribution is -2.34. The molecule has 0 unspecified atom stereocenters. The Morgan fingerprint density at radius 3 is 1.82 bits per heavy atom. The highest BCUT2D eigenvalue weighted by Gasteiger charge is 2.49. The fraction of sp³-hybridized carbons (Fsp3) is 0.333. The molecule has 0 atom stereocenters. The lowest BCUT2D eigenvalue weighted by molar-refractivity contribution is -0.221. The van der Waals surface area contributed by atoms with Gasteiger partial charge in [-0.3, -0.25) is 0 Å². The van der Waals surface area contributed by atoms with Crippen molar-refractivity contribution in [2.75, 3.05) is 14.2 Å². The summed E-state index contributed by atoms with van der Waals surface area (Å²) in [5.74, 6) is -6.85. The van der Waals surface area contributed by atoms with Crippen molar-refractivity contribution in [1.29, 1.82) is 5.26 Å². The van der Waals surface area contributed by atoms with E-state index in [9.17, 15) is 40.7 Å². The number of benzene rings is 1. The molecule has 0 fully saturated rings. The van der Waals surface area contributed by atoms with Crippen LogP contribution >= 0.6 is 0 Å². The second-order valence-corrected chi connectivity index (χ2v) is 4.63. The third kappa shape index (κ3) is 8.49. The van der Waals surface area contributed by atoms with Crippen molar-refractivity contribution in [1.82, 2.24) is 0 Å². The van der Waals surface area contributed by atoms with E-state index in [-0.39, 0.29) is 0 Å². The number of esters is 3. The fourth-order valence-corrected chi connectivity index (χ4v) is 1.44. The number of carbonyl (C=O) groups excluding carboxylic acids is 3. The normalized spacial score (nSPS) is 10.8. The maximum atomic E-state index is 11.3. The number of carbonyl (C=O) groups is 3. The minimum absolute atomic E-state index is 0.361. The van der Waals surface area contributed by atoms with Gasteiger partial charge >= 0.3 is 30.3 Å². The van der Waals surface area contributed by atoms with Gasteiger partial charge in [-0.25, -0.2) is 14.4 Å². The molecule has 1 rings (SSSR count). The highest BCUT2D eigenvalue weighted by atomic mass is 19.4. The number of ether oxygens (including phenoxy) is 3. The van der Waals surface area contributed by atoms with Crippen molar-refractivity contribution >= 4 is 17.9 Å². The molecule has 0 N–H and O–H groups in total. The SMILES string of the molecule is COCc1cc(C#N)cc(C(=O)OC)c1.O=C(OC(=O)C(F)(F)F)C(F)(F)F. The standard InChI is InChI=1S/C11H11NO3.C4F6O3/c1-14-7-9-3-8(6-12)4-10(5-9)11(13)15-2;5-3(6,7)1(11)13-2(12)4(8,9)10/h3-5H,7H2,1-2H3;. The van der Waals surface area contributed by atoms with Gasteiger partial charge in [-0.05, 0) is 23.8 Å². The van der Waals surface area contributed by atoms with E-state index in [4.69, 9.17) is 10.00 Å². The molecule has 0 spiro atoms. The molecule has 154 valence electrons. The summed E-state index contributed by atoms with van der Waals surface area (Å²) in [5.41, 5.74) is 1.56. The van der Waals surface area contributed by atoms with E-state index in [1.165, 1.54) is 13.2 Å².